The number of hydrogen-bond donors (Lipinski definition) is 1. The molecule has 5 heteroatoms. The fraction of sp³-hybridized carbons (Fsp3) is 0.118. The Morgan fingerprint density at radius 3 is 2.77 bits per heavy atom. The van der Waals surface area contributed by atoms with E-state index in [9.17, 15) is 9.18 Å². The van der Waals surface area contributed by atoms with Gasteiger partial charge in [0.05, 0.1) is 0 Å². The fourth-order valence-corrected chi connectivity index (χ4v) is 2.79. The molecule has 0 radical (unpaired) electrons. The molecular formula is C17H14BrFN2O. The first-order valence-electron chi connectivity index (χ1n) is 6.82. The van der Waals surface area contributed by atoms with Crippen molar-refractivity contribution in [2.75, 3.05) is 7.05 Å². The van der Waals surface area contributed by atoms with Gasteiger partial charge in [-0.2, -0.15) is 0 Å². The van der Waals surface area contributed by atoms with Crippen LogP contribution in [0, 0.1) is 5.82 Å². The van der Waals surface area contributed by atoms with Crippen LogP contribution >= 0.6 is 15.9 Å². The van der Waals surface area contributed by atoms with Crippen LogP contribution in [0.3, 0.4) is 0 Å². The van der Waals surface area contributed by atoms with Gasteiger partial charge in [0.1, 0.15) is 11.5 Å². The van der Waals surface area contributed by atoms with Crippen LogP contribution in [0.2, 0.25) is 0 Å². The molecule has 0 spiro atoms. The van der Waals surface area contributed by atoms with Crippen LogP contribution in [0.1, 0.15) is 16.1 Å². The van der Waals surface area contributed by atoms with Crippen molar-refractivity contribution in [1.82, 2.24) is 9.88 Å². The van der Waals surface area contributed by atoms with Crippen molar-refractivity contribution in [3.05, 3.63) is 70.1 Å². The second-order valence-electron chi connectivity index (χ2n) is 5.17. The minimum absolute atomic E-state index is 0.132. The molecule has 0 saturated carbocycles. The maximum absolute atomic E-state index is 13.2. The number of benzene rings is 2. The monoisotopic (exact) mass is 360 g/mol. The Bertz CT molecular complexity index is 844. The zero-order valence-corrected chi connectivity index (χ0v) is 13.5. The molecule has 3 aromatic rings. The average molecular weight is 361 g/mol. The molecule has 3 rings (SSSR count). The Kier molecular flexibility index (Phi) is 3.98. The van der Waals surface area contributed by atoms with Crippen molar-refractivity contribution in [3.63, 3.8) is 0 Å². The highest BCUT2D eigenvalue weighted by atomic mass is 79.9. The lowest BCUT2D eigenvalue weighted by atomic mass is 10.2. The van der Waals surface area contributed by atoms with Gasteiger partial charge in [-0.25, -0.2) is 4.39 Å². The number of nitrogens with one attached hydrogen (secondary N) is 1. The number of hydrogen-bond acceptors (Lipinski definition) is 1. The lowest BCUT2D eigenvalue weighted by molar-refractivity contribution is 0.0780. The number of carbonyl (C=O) groups excluding carboxylic acids is 1. The average Bonchev–Trinajstić information content (AvgIpc) is 2.91. The van der Waals surface area contributed by atoms with Crippen molar-refractivity contribution >= 4 is 32.7 Å². The number of rotatable bonds is 3. The molecule has 0 bridgehead atoms. The molecule has 0 fully saturated rings. The minimum Gasteiger partial charge on any atom is -0.351 e. The Morgan fingerprint density at radius 1 is 1.23 bits per heavy atom. The van der Waals surface area contributed by atoms with E-state index < -0.39 is 0 Å². The molecular weight excluding hydrogens is 347 g/mol. The Hall–Kier alpha value is -2.14. The molecule has 1 aromatic heterocycles. The smallest absolute Gasteiger partial charge is 0.270 e. The fourth-order valence-electron chi connectivity index (χ4n) is 2.38. The van der Waals surface area contributed by atoms with E-state index >= 15 is 0 Å². The molecule has 1 heterocycles. The summed E-state index contributed by atoms with van der Waals surface area (Å²) in [6, 6.07) is 13.9. The van der Waals surface area contributed by atoms with Gasteiger partial charge in [-0.05, 0) is 35.9 Å². The van der Waals surface area contributed by atoms with Gasteiger partial charge >= 0.3 is 0 Å². The molecule has 1 N–H and O–H groups in total. The normalized spacial score (nSPS) is 10.9. The first-order chi connectivity index (χ1) is 10.5. The summed E-state index contributed by atoms with van der Waals surface area (Å²) >= 11 is 3.48. The molecule has 2 aromatic carbocycles. The summed E-state index contributed by atoms with van der Waals surface area (Å²) in [6.07, 6.45) is 0. The maximum Gasteiger partial charge on any atom is 0.270 e. The summed E-state index contributed by atoms with van der Waals surface area (Å²) in [5, 5.41) is 0.692. The van der Waals surface area contributed by atoms with Crippen LogP contribution in [0.15, 0.2) is 53.0 Å². The predicted molar refractivity (Wildman–Crippen MR) is 88.2 cm³/mol. The lowest BCUT2D eigenvalue weighted by Crippen LogP contribution is -2.26. The van der Waals surface area contributed by atoms with Gasteiger partial charge in [0.2, 0.25) is 0 Å². The molecule has 0 aliphatic carbocycles. The van der Waals surface area contributed by atoms with Crippen molar-refractivity contribution in [1.29, 1.82) is 0 Å². The van der Waals surface area contributed by atoms with Crippen LogP contribution in [-0.4, -0.2) is 22.8 Å². The second-order valence-corrected chi connectivity index (χ2v) is 6.02. The first kappa shape index (κ1) is 14.8. The third-order valence-corrected chi connectivity index (χ3v) is 4.30. The van der Waals surface area contributed by atoms with Gasteiger partial charge < -0.3 is 9.88 Å². The SMILES string of the molecule is CN(Cc1ccccc1Br)C(=O)c1cc2cc(F)ccc2[nH]1. The Morgan fingerprint density at radius 2 is 2.00 bits per heavy atom. The van der Waals surface area contributed by atoms with Crippen molar-refractivity contribution in [2.45, 2.75) is 6.54 Å². The number of nitrogens with zero attached hydrogens (tertiary/aromatic N) is 1. The summed E-state index contributed by atoms with van der Waals surface area (Å²) in [6.45, 7) is 0.490. The van der Waals surface area contributed by atoms with Crippen LogP contribution in [0.4, 0.5) is 4.39 Å². The van der Waals surface area contributed by atoms with E-state index in [0.29, 0.717) is 17.6 Å². The lowest BCUT2D eigenvalue weighted by Gasteiger charge is -2.17. The summed E-state index contributed by atoms with van der Waals surface area (Å²) in [5.74, 6) is -0.445. The summed E-state index contributed by atoms with van der Waals surface area (Å²) < 4.78 is 14.2. The third kappa shape index (κ3) is 2.90. The van der Waals surface area contributed by atoms with Gasteiger partial charge in [-0.3, -0.25) is 4.79 Å². The van der Waals surface area contributed by atoms with E-state index in [1.165, 1.54) is 12.1 Å². The zero-order valence-electron chi connectivity index (χ0n) is 11.9. The second kappa shape index (κ2) is 5.93. The highest BCUT2D eigenvalue weighted by molar-refractivity contribution is 9.10. The number of amides is 1. The zero-order chi connectivity index (χ0) is 15.7. The Balaban J connectivity index is 1.84. The van der Waals surface area contributed by atoms with E-state index in [1.807, 2.05) is 24.3 Å². The number of aromatic amines is 1. The summed E-state index contributed by atoms with van der Waals surface area (Å²) in [5.41, 5.74) is 2.23. The number of H-pyrrole nitrogens is 1. The number of fused-ring (bicyclic) bond motifs is 1. The summed E-state index contributed by atoms with van der Waals surface area (Å²) in [4.78, 5) is 17.2. The molecule has 22 heavy (non-hydrogen) atoms. The van der Waals surface area contributed by atoms with Crippen LogP contribution in [0.5, 0.6) is 0 Å². The first-order valence-corrected chi connectivity index (χ1v) is 7.61. The highest BCUT2D eigenvalue weighted by Crippen LogP contribution is 2.20. The largest absolute Gasteiger partial charge is 0.351 e. The van der Waals surface area contributed by atoms with Crippen molar-refractivity contribution in [3.8, 4) is 0 Å². The van der Waals surface area contributed by atoms with E-state index in [0.717, 1.165) is 15.6 Å². The van der Waals surface area contributed by atoms with E-state index in [1.54, 1.807) is 24.1 Å². The quantitative estimate of drug-likeness (QED) is 0.740. The van der Waals surface area contributed by atoms with Gasteiger partial charge in [0, 0.05) is 29.0 Å². The van der Waals surface area contributed by atoms with Gasteiger partial charge in [0.15, 0.2) is 0 Å². The number of aromatic nitrogens is 1. The third-order valence-electron chi connectivity index (χ3n) is 3.53. The number of carbonyl (C=O) groups is 1. The maximum atomic E-state index is 13.2. The van der Waals surface area contributed by atoms with Crippen molar-refractivity contribution in [2.24, 2.45) is 0 Å². The molecule has 0 atom stereocenters. The summed E-state index contributed by atoms with van der Waals surface area (Å²) in [7, 11) is 1.74. The van der Waals surface area contributed by atoms with Gasteiger partial charge in [-0.15, -0.1) is 0 Å². The van der Waals surface area contributed by atoms with Crippen LogP contribution < -0.4 is 0 Å². The molecule has 0 saturated heterocycles. The molecule has 0 aliphatic rings. The van der Waals surface area contributed by atoms with Crippen LogP contribution in [-0.2, 0) is 6.54 Å². The van der Waals surface area contributed by atoms with Crippen molar-refractivity contribution < 1.29 is 9.18 Å². The molecule has 0 unspecified atom stereocenters. The van der Waals surface area contributed by atoms with Crippen LogP contribution in [0.25, 0.3) is 10.9 Å². The number of halogens is 2. The van der Waals surface area contributed by atoms with E-state index in [2.05, 4.69) is 20.9 Å². The van der Waals surface area contributed by atoms with E-state index in [4.69, 9.17) is 0 Å². The van der Waals surface area contributed by atoms with Gasteiger partial charge in [0.25, 0.3) is 5.91 Å². The minimum atomic E-state index is -0.313. The topological polar surface area (TPSA) is 36.1 Å². The molecule has 0 aliphatic heterocycles. The molecule has 112 valence electrons. The standard InChI is InChI=1S/C17H14BrFN2O/c1-21(10-11-4-2-3-5-14(11)18)17(22)16-9-12-8-13(19)6-7-15(12)20-16/h2-9,20H,10H2,1H3. The predicted octanol–water partition coefficient (Wildman–Crippen LogP) is 4.34. The molecule has 3 nitrogen and oxygen atoms in total. The molecule has 1 amide bonds. The highest BCUT2D eigenvalue weighted by Gasteiger charge is 2.15. The van der Waals surface area contributed by atoms with E-state index in [-0.39, 0.29) is 11.7 Å². The Labute approximate surface area is 135 Å². The van der Waals surface area contributed by atoms with Gasteiger partial charge in [-0.1, -0.05) is 34.1 Å².